The van der Waals surface area contributed by atoms with Gasteiger partial charge in [0.15, 0.2) is 18.1 Å². The average Bonchev–Trinajstić information content (AvgIpc) is 3.28. The van der Waals surface area contributed by atoms with Gasteiger partial charge in [0, 0.05) is 30.1 Å². The largest absolute Gasteiger partial charge is 0.496 e. The molecule has 37 heavy (non-hydrogen) atoms. The zero-order chi connectivity index (χ0) is 26.4. The Kier molecular flexibility index (Phi) is 7.68. The molecule has 0 unspecified atom stereocenters. The van der Waals surface area contributed by atoms with Crippen molar-refractivity contribution in [1.29, 1.82) is 5.26 Å². The van der Waals surface area contributed by atoms with E-state index in [9.17, 15) is 14.4 Å². The topological polar surface area (TPSA) is 132 Å². The van der Waals surface area contributed by atoms with Crippen LogP contribution in [0.25, 0.3) is 22.2 Å². The van der Waals surface area contributed by atoms with Gasteiger partial charge in [0.25, 0.3) is 0 Å². The Labute approximate surface area is 211 Å². The van der Waals surface area contributed by atoms with Gasteiger partial charge in [0.1, 0.15) is 35.5 Å². The fraction of sp³-hybridized carbons (Fsp3) is 0.231. The maximum Gasteiger partial charge on any atom is 0.341 e. The summed E-state index contributed by atoms with van der Waals surface area (Å²) in [6.07, 6.45) is 1.41. The van der Waals surface area contributed by atoms with E-state index in [-0.39, 0.29) is 0 Å². The average molecular weight is 506 g/mol. The summed E-state index contributed by atoms with van der Waals surface area (Å²) < 4.78 is 32.5. The molecule has 4 aromatic rings. The van der Waals surface area contributed by atoms with E-state index in [2.05, 4.69) is 21.4 Å². The zero-order valence-electron chi connectivity index (χ0n) is 20.2. The Morgan fingerprint density at radius 1 is 1.14 bits per heavy atom. The minimum absolute atomic E-state index is 0.301. The van der Waals surface area contributed by atoms with Gasteiger partial charge in [-0.2, -0.15) is 5.26 Å². The normalized spacial score (nSPS) is 10.6. The summed E-state index contributed by atoms with van der Waals surface area (Å²) in [4.78, 5) is 19.4. The van der Waals surface area contributed by atoms with Crippen molar-refractivity contribution < 1.29 is 28.5 Å². The van der Waals surface area contributed by atoms with Gasteiger partial charge in [0.05, 0.1) is 24.9 Å². The molecule has 190 valence electrons. The molecular formula is C26H24FN5O5. The molecule has 2 aromatic heterocycles. The molecule has 0 amide bonds. The Hall–Kier alpha value is -4.85. The van der Waals surface area contributed by atoms with Crippen molar-refractivity contribution in [1.82, 2.24) is 14.5 Å². The number of methoxy groups -OCH3 is 1. The van der Waals surface area contributed by atoms with Crippen molar-refractivity contribution in [3.05, 3.63) is 60.3 Å². The number of carboxylic acids is 1. The number of carbonyl (C=O) groups is 1. The second-order valence-corrected chi connectivity index (χ2v) is 7.80. The number of benzene rings is 2. The molecular weight excluding hydrogens is 481 g/mol. The van der Waals surface area contributed by atoms with Crippen LogP contribution in [0.2, 0.25) is 0 Å². The number of nitriles is 1. The lowest BCUT2D eigenvalue weighted by Gasteiger charge is -2.13. The molecule has 0 radical (unpaired) electrons. The number of ether oxygens (including phenoxy) is 3. The minimum atomic E-state index is -1.09. The molecule has 4 rings (SSSR count). The fourth-order valence-electron chi connectivity index (χ4n) is 3.92. The highest BCUT2D eigenvalue weighted by atomic mass is 19.1. The predicted molar refractivity (Wildman–Crippen MR) is 133 cm³/mol. The molecule has 0 bridgehead atoms. The number of aromatic nitrogens is 3. The first-order valence-corrected chi connectivity index (χ1v) is 11.4. The smallest absolute Gasteiger partial charge is 0.341 e. The molecule has 0 aliphatic carbocycles. The van der Waals surface area contributed by atoms with E-state index in [1.807, 2.05) is 6.92 Å². The number of hydrogen-bond acceptors (Lipinski definition) is 8. The fourth-order valence-corrected chi connectivity index (χ4v) is 3.92. The molecule has 0 saturated heterocycles. The monoisotopic (exact) mass is 505 g/mol. The van der Waals surface area contributed by atoms with E-state index in [0.717, 1.165) is 0 Å². The van der Waals surface area contributed by atoms with Crippen LogP contribution in [0, 0.1) is 17.1 Å². The SMILES string of the molecule is CCOc1cc(-c2cc(NCCn3c(C#N)cc4c(OC)ccc(F)c43)ncn2)ccc1OCC(=O)O. The number of nitrogens with zero attached hydrogens (tertiary/aromatic N) is 4. The molecule has 2 heterocycles. The van der Waals surface area contributed by atoms with Crippen LogP contribution < -0.4 is 19.5 Å². The first-order valence-electron chi connectivity index (χ1n) is 11.4. The number of carboxylic acid groups (broad SMARTS) is 1. The van der Waals surface area contributed by atoms with Crippen LogP contribution in [0.3, 0.4) is 0 Å². The maximum absolute atomic E-state index is 14.6. The second kappa shape index (κ2) is 11.3. The zero-order valence-corrected chi connectivity index (χ0v) is 20.2. The molecule has 11 heteroatoms. The standard InChI is InChI=1S/C26H24FN5O5/c1-3-36-23-10-16(4-6-22(23)37-14-25(33)34)20-12-24(31-15-30-20)29-8-9-32-17(13-28)11-18-21(35-2)7-5-19(27)26(18)32/h4-7,10-12,15H,3,8-9,14H2,1-2H3,(H,33,34)(H,29,30,31). The molecule has 0 spiro atoms. The van der Waals surface area contributed by atoms with Gasteiger partial charge < -0.3 is 29.2 Å². The summed E-state index contributed by atoms with van der Waals surface area (Å²) in [5.41, 5.74) is 1.93. The van der Waals surface area contributed by atoms with Crippen molar-refractivity contribution in [2.24, 2.45) is 0 Å². The van der Waals surface area contributed by atoms with E-state index in [1.54, 1.807) is 34.9 Å². The summed E-state index contributed by atoms with van der Waals surface area (Å²) >= 11 is 0. The number of hydrogen-bond donors (Lipinski definition) is 2. The van der Waals surface area contributed by atoms with Crippen LogP contribution in [0.15, 0.2) is 48.8 Å². The van der Waals surface area contributed by atoms with Gasteiger partial charge in [-0.05, 0) is 43.3 Å². The number of fused-ring (bicyclic) bond motifs is 1. The molecule has 10 nitrogen and oxygen atoms in total. The van der Waals surface area contributed by atoms with Gasteiger partial charge in [-0.25, -0.2) is 19.2 Å². The van der Waals surface area contributed by atoms with Gasteiger partial charge in [-0.15, -0.1) is 0 Å². The van der Waals surface area contributed by atoms with E-state index >= 15 is 0 Å². The van der Waals surface area contributed by atoms with E-state index < -0.39 is 18.4 Å². The molecule has 0 saturated carbocycles. The van der Waals surface area contributed by atoms with Gasteiger partial charge in [-0.3, -0.25) is 0 Å². The molecule has 0 atom stereocenters. The lowest BCUT2D eigenvalue weighted by molar-refractivity contribution is -0.139. The maximum atomic E-state index is 14.6. The lowest BCUT2D eigenvalue weighted by atomic mass is 10.1. The van der Waals surface area contributed by atoms with Gasteiger partial charge >= 0.3 is 5.97 Å². The highest BCUT2D eigenvalue weighted by molar-refractivity contribution is 5.88. The van der Waals surface area contributed by atoms with E-state index in [1.165, 1.54) is 25.6 Å². The van der Waals surface area contributed by atoms with Gasteiger partial charge in [0.2, 0.25) is 0 Å². The van der Waals surface area contributed by atoms with Gasteiger partial charge in [-0.1, -0.05) is 0 Å². The number of nitrogens with one attached hydrogen (secondary N) is 1. The second-order valence-electron chi connectivity index (χ2n) is 7.80. The van der Waals surface area contributed by atoms with Crippen molar-refractivity contribution in [3.63, 3.8) is 0 Å². The Morgan fingerprint density at radius 2 is 1.95 bits per heavy atom. The van der Waals surface area contributed by atoms with E-state index in [0.29, 0.717) is 70.6 Å². The van der Waals surface area contributed by atoms with Crippen LogP contribution >= 0.6 is 0 Å². The van der Waals surface area contributed by atoms with Crippen molar-refractivity contribution >= 4 is 22.7 Å². The first-order chi connectivity index (χ1) is 17.9. The van der Waals surface area contributed by atoms with Crippen LogP contribution in [-0.4, -0.2) is 52.5 Å². The van der Waals surface area contributed by atoms with Crippen LogP contribution in [0.1, 0.15) is 12.6 Å². The summed E-state index contributed by atoms with van der Waals surface area (Å²) in [5.74, 6) is 0.206. The molecule has 2 aromatic carbocycles. The van der Waals surface area contributed by atoms with Crippen molar-refractivity contribution in [3.8, 4) is 34.6 Å². The number of anilines is 1. The van der Waals surface area contributed by atoms with E-state index in [4.69, 9.17) is 19.3 Å². The first kappa shape index (κ1) is 25.2. The highest BCUT2D eigenvalue weighted by Crippen LogP contribution is 2.33. The van der Waals surface area contributed by atoms with Crippen LogP contribution in [0.5, 0.6) is 17.2 Å². The number of rotatable bonds is 11. The third kappa shape index (κ3) is 5.54. The van der Waals surface area contributed by atoms with Crippen molar-refractivity contribution in [2.45, 2.75) is 13.5 Å². The Bertz CT molecular complexity index is 1480. The highest BCUT2D eigenvalue weighted by Gasteiger charge is 2.16. The third-order valence-electron chi connectivity index (χ3n) is 5.50. The third-order valence-corrected chi connectivity index (χ3v) is 5.50. The minimum Gasteiger partial charge on any atom is -0.496 e. The quantitative estimate of drug-likeness (QED) is 0.309. The van der Waals surface area contributed by atoms with Crippen LogP contribution in [-0.2, 0) is 11.3 Å². The molecule has 0 aliphatic heterocycles. The van der Waals surface area contributed by atoms with Crippen molar-refractivity contribution in [2.75, 3.05) is 32.2 Å². The molecule has 0 aliphatic rings. The predicted octanol–water partition coefficient (Wildman–Crippen LogP) is 4.09. The Morgan fingerprint density at radius 3 is 2.68 bits per heavy atom. The number of aliphatic carboxylic acids is 1. The summed E-state index contributed by atoms with van der Waals surface area (Å²) in [6, 6.07) is 13.4. The molecule has 2 N–H and O–H groups in total. The Balaban J connectivity index is 1.52. The van der Waals surface area contributed by atoms with Crippen LogP contribution in [0.4, 0.5) is 10.2 Å². The summed E-state index contributed by atoms with van der Waals surface area (Å²) in [7, 11) is 1.50. The lowest BCUT2D eigenvalue weighted by Crippen LogP contribution is -2.13. The molecule has 0 fully saturated rings. The number of halogens is 1. The summed E-state index contributed by atoms with van der Waals surface area (Å²) in [5, 5.41) is 22.2. The summed E-state index contributed by atoms with van der Waals surface area (Å²) in [6.45, 7) is 2.36.